The maximum Gasteiger partial charge on any atom is 0.317 e. The Hall–Kier alpha value is -3.63. The van der Waals surface area contributed by atoms with Crippen molar-refractivity contribution in [1.82, 2.24) is 0 Å². The molecular weight excluding hydrogens is 512 g/mol. The van der Waals surface area contributed by atoms with Gasteiger partial charge in [0.05, 0.1) is 6.61 Å². The van der Waals surface area contributed by atoms with Crippen LogP contribution in [0.2, 0.25) is 0 Å². The van der Waals surface area contributed by atoms with Crippen molar-refractivity contribution in [3.63, 3.8) is 0 Å². The van der Waals surface area contributed by atoms with Crippen molar-refractivity contribution in [3.8, 4) is 5.75 Å². The van der Waals surface area contributed by atoms with Crippen molar-refractivity contribution in [1.29, 1.82) is 0 Å². The number of carbonyl (C=O) groups is 5. The molecule has 0 heterocycles. The molecule has 0 fully saturated rings. The van der Waals surface area contributed by atoms with Crippen molar-refractivity contribution in [2.24, 2.45) is 29.6 Å². The van der Waals surface area contributed by atoms with Gasteiger partial charge in [-0.25, -0.2) is 0 Å². The predicted molar refractivity (Wildman–Crippen MR) is 140 cm³/mol. The van der Waals surface area contributed by atoms with Crippen molar-refractivity contribution >= 4 is 29.8 Å². The Bertz CT molecular complexity index is 943. The number of hydrogen-bond acceptors (Lipinski definition) is 6. The van der Waals surface area contributed by atoms with Crippen LogP contribution in [0.5, 0.6) is 5.75 Å². The molecule has 0 amide bonds. The highest BCUT2D eigenvalue weighted by atomic mass is 16.5. The van der Waals surface area contributed by atoms with Gasteiger partial charge in [0.25, 0.3) is 0 Å². The second-order valence-electron chi connectivity index (χ2n) is 10.0. The van der Waals surface area contributed by atoms with Crippen LogP contribution in [0.3, 0.4) is 0 Å². The molecule has 11 nitrogen and oxygen atoms in total. The fraction of sp³-hybridized carbons (Fsp3) is 0.607. The Morgan fingerprint density at radius 2 is 1.21 bits per heavy atom. The van der Waals surface area contributed by atoms with Gasteiger partial charge in [0, 0.05) is 19.3 Å². The summed E-state index contributed by atoms with van der Waals surface area (Å²) in [6.45, 7) is 4.16. The normalized spacial score (nSPS) is 14.2. The van der Waals surface area contributed by atoms with E-state index in [1.165, 1.54) is 0 Å². The number of hydrogen-bond donors (Lipinski definition) is 5. The molecule has 5 N–H and O–H groups in total. The van der Waals surface area contributed by atoms with Crippen LogP contribution in [0.1, 0.15) is 70.8 Å². The molecule has 0 aliphatic rings. The number of ether oxygens (including phenoxy) is 1. The van der Waals surface area contributed by atoms with Gasteiger partial charge in [0.2, 0.25) is 0 Å². The standard InChI is InChI=1S/C28H40O11/c1-3-17(13-24(29)30)5-6-19(14-25(31)32)12-20(11-18-7-9-22(10-8-18)39-4-2)21(16-26(33)34)15-23(27(35)36)28(37)38/h7-10,17,19-21,23H,3-6,11-16H2,1-2H3,(H,29,30)(H,31,32)(H,33,34)(H,35,36)(H,37,38). The lowest BCUT2D eigenvalue weighted by atomic mass is 9.73. The second kappa shape index (κ2) is 17.1. The van der Waals surface area contributed by atoms with Crippen LogP contribution in [-0.2, 0) is 30.4 Å². The van der Waals surface area contributed by atoms with E-state index in [0.29, 0.717) is 31.6 Å². The van der Waals surface area contributed by atoms with Crippen LogP contribution >= 0.6 is 0 Å². The average molecular weight is 553 g/mol. The van der Waals surface area contributed by atoms with Crippen molar-refractivity contribution in [2.75, 3.05) is 6.61 Å². The fourth-order valence-electron chi connectivity index (χ4n) is 5.06. The lowest BCUT2D eigenvalue weighted by Crippen LogP contribution is -2.32. The Labute approximate surface area is 227 Å². The van der Waals surface area contributed by atoms with E-state index < -0.39 is 66.4 Å². The first-order chi connectivity index (χ1) is 18.4. The molecular formula is C28H40O11. The fourth-order valence-corrected chi connectivity index (χ4v) is 5.06. The summed E-state index contributed by atoms with van der Waals surface area (Å²) in [6, 6.07) is 7.06. The molecule has 0 radical (unpaired) electrons. The molecule has 0 aliphatic heterocycles. The molecule has 1 rings (SSSR count). The quantitative estimate of drug-likeness (QED) is 0.137. The minimum absolute atomic E-state index is 0.0492. The first-order valence-electron chi connectivity index (χ1n) is 13.2. The lowest BCUT2D eigenvalue weighted by Gasteiger charge is -2.31. The van der Waals surface area contributed by atoms with Gasteiger partial charge in [-0.3, -0.25) is 24.0 Å². The van der Waals surface area contributed by atoms with E-state index in [1.54, 1.807) is 24.3 Å². The summed E-state index contributed by atoms with van der Waals surface area (Å²) in [4.78, 5) is 57.9. The number of rotatable bonds is 21. The minimum Gasteiger partial charge on any atom is -0.494 e. The van der Waals surface area contributed by atoms with Gasteiger partial charge in [-0.15, -0.1) is 0 Å². The lowest BCUT2D eigenvalue weighted by molar-refractivity contribution is -0.156. The summed E-state index contributed by atoms with van der Waals surface area (Å²) < 4.78 is 5.46. The molecule has 1 aromatic carbocycles. The average Bonchev–Trinajstić information content (AvgIpc) is 2.83. The largest absolute Gasteiger partial charge is 0.494 e. The predicted octanol–water partition coefficient (Wildman–Crippen LogP) is 4.27. The molecule has 0 aromatic heterocycles. The van der Waals surface area contributed by atoms with E-state index in [-0.39, 0.29) is 31.6 Å². The van der Waals surface area contributed by atoms with Gasteiger partial charge in [0.1, 0.15) is 5.75 Å². The zero-order valence-corrected chi connectivity index (χ0v) is 22.5. The van der Waals surface area contributed by atoms with E-state index in [1.807, 2.05) is 13.8 Å². The molecule has 4 atom stereocenters. The van der Waals surface area contributed by atoms with Crippen LogP contribution in [0.15, 0.2) is 24.3 Å². The third-order valence-electron chi connectivity index (χ3n) is 7.09. The molecule has 0 saturated heterocycles. The first kappa shape index (κ1) is 33.4. The van der Waals surface area contributed by atoms with Crippen LogP contribution < -0.4 is 4.74 Å². The van der Waals surface area contributed by atoms with Crippen LogP contribution in [0.4, 0.5) is 0 Å². The van der Waals surface area contributed by atoms with Gasteiger partial charge < -0.3 is 30.3 Å². The van der Waals surface area contributed by atoms with Gasteiger partial charge in [-0.05, 0) is 80.4 Å². The number of carboxylic acid groups (broad SMARTS) is 5. The zero-order chi connectivity index (χ0) is 29.5. The number of aliphatic carboxylic acids is 5. The molecule has 1 aromatic rings. The summed E-state index contributed by atoms with van der Waals surface area (Å²) in [5, 5.41) is 47.2. The van der Waals surface area contributed by atoms with E-state index in [2.05, 4.69) is 0 Å². The zero-order valence-electron chi connectivity index (χ0n) is 22.5. The summed E-state index contributed by atoms with van der Waals surface area (Å²) in [5.74, 6) is -9.53. The van der Waals surface area contributed by atoms with Crippen LogP contribution in [0, 0.1) is 29.6 Å². The molecule has 11 heteroatoms. The summed E-state index contributed by atoms with van der Waals surface area (Å²) in [5.41, 5.74) is 0.785. The molecule has 0 aliphatic carbocycles. The van der Waals surface area contributed by atoms with Gasteiger partial charge in [-0.2, -0.15) is 0 Å². The Kier molecular flexibility index (Phi) is 14.6. The van der Waals surface area contributed by atoms with Crippen molar-refractivity contribution in [3.05, 3.63) is 29.8 Å². The SMILES string of the molecule is CCOc1ccc(CC(CC(CCC(CC)CC(=O)O)CC(=O)O)C(CC(=O)O)CC(C(=O)O)C(=O)O)cc1. The van der Waals surface area contributed by atoms with E-state index in [9.17, 15) is 44.4 Å². The third kappa shape index (κ3) is 13.1. The summed E-state index contributed by atoms with van der Waals surface area (Å²) in [6.07, 6.45) is 0.765. The van der Waals surface area contributed by atoms with Crippen LogP contribution in [0.25, 0.3) is 0 Å². The second-order valence-corrected chi connectivity index (χ2v) is 10.0. The Balaban J connectivity index is 3.36. The molecule has 218 valence electrons. The van der Waals surface area contributed by atoms with E-state index in [4.69, 9.17) is 9.84 Å². The molecule has 39 heavy (non-hydrogen) atoms. The van der Waals surface area contributed by atoms with Gasteiger partial charge in [-0.1, -0.05) is 25.5 Å². The molecule has 0 bridgehead atoms. The van der Waals surface area contributed by atoms with E-state index >= 15 is 0 Å². The topological polar surface area (TPSA) is 196 Å². The van der Waals surface area contributed by atoms with Crippen molar-refractivity contribution in [2.45, 2.75) is 71.6 Å². The highest BCUT2D eigenvalue weighted by Gasteiger charge is 2.35. The molecule has 0 spiro atoms. The monoisotopic (exact) mass is 552 g/mol. The third-order valence-corrected chi connectivity index (χ3v) is 7.09. The summed E-state index contributed by atoms with van der Waals surface area (Å²) >= 11 is 0. The van der Waals surface area contributed by atoms with E-state index in [0.717, 1.165) is 5.56 Å². The highest BCUT2D eigenvalue weighted by molar-refractivity contribution is 5.92. The molecule has 4 unspecified atom stereocenters. The maximum atomic E-state index is 11.8. The number of carboxylic acids is 5. The Morgan fingerprint density at radius 3 is 1.67 bits per heavy atom. The highest BCUT2D eigenvalue weighted by Crippen LogP contribution is 2.36. The Morgan fingerprint density at radius 1 is 0.692 bits per heavy atom. The van der Waals surface area contributed by atoms with Crippen LogP contribution in [-0.4, -0.2) is 62.0 Å². The van der Waals surface area contributed by atoms with Gasteiger partial charge >= 0.3 is 29.8 Å². The van der Waals surface area contributed by atoms with Gasteiger partial charge in [0.15, 0.2) is 5.92 Å². The maximum absolute atomic E-state index is 11.8. The van der Waals surface area contributed by atoms with Crippen molar-refractivity contribution < 1.29 is 54.2 Å². The number of benzene rings is 1. The molecule has 0 saturated carbocycles. The summed E-state index contributed by atoms with van der Waals surface area (Å²) in [7, 11) is 0. The minimum atomic E-state index is -1.81. The first-order valence-corrected chi connectivity index (χ1v) is 13.2. The smallest absolute Gasteiger partial charge is 0.317 e.